The Kier molecular flexibility index (Phi) is 4.14. The van der Waals surface area contributed by atoms with Gasteiger partial charge >= 0.3 is 0 Å². The standard InChI is InChI=1S/C13H17N/c1-3-11(2)13(9-10-14)12-7-5-4-6-8-12/h3-8,13H,1-2,9-10,14H2. The zero-order chi connectivity index (χ0) is 10.4. The largest absolute Gasteiger partial charge is 0.330 e. The second-order valence-electron chi connectivity index (χ2n) is 3.32. The van der Waals surface area contributed by atoms with Crippen molar-refractivity contribution in [1.82, 2.24) is 0 Å². The van der Waals surface area contributed by atoms with E-state index in [4.69, 9.17) is 5.73 Å². The molecule has 1 atom stereocenters. The summed E-state index contributed by atoms with van der Waals surface area (Å²) in [6.45, 7) is 8.42. The summed E-state index contributed by atoms with van der Waals surface area (Å²) < 4.78 is 0. The van der Waals surface area contributed by atoms with E-state index in [0.717, 1.165) is 12.0 Å². The molecular formula is C13H17N. The van der Waals surface area contributed by atoms with E-state index < -0.39 is 0 Å². The lowest BCUT2D eigenvalue weighted by Gasteiger charge is -2.16. The number of allylic oxidation sites excluding steroid dienone is 2. The van der Waals surface area contributed by atoms with E-state index >= 15 is 0 Å². The normalized spacial score (nSPS) is 12.1. The molecule has 0 heterocycles. The van der Waals surface area contributed by atoms with Gasteiger partial charge in [-0.15, -0.1) is 0 Å². The minimum atomic E-state index is 0.318. The molecule has 1 aromatic carbocycles. The van der Waals surface area contributed by atoms with Crippen LogP contribution in [0.15, 0.2) is 55.1 Å². The lowest BCUT2D eigenvalue weighted by molar-refractivity contribution is 0.727. The highest BCUT2D eigenvalue weighted by Crippen LogP contribution is 2.26. The summed E-state index contributed by atoms with van der Waals surface area (Å²) in [4.78, 5) is 0. The monoisotopic (exact) mass is 187 g/mol. The summed E-state index contributed by atoms with van der Waals surface area (Å²) in [6.07, 6.45) is 2.74. The average Bonchev–Trinajstić information content (AvgIpc) is 2.26. The van der Waals surface area contributed by atoms with E-state index in [1.165, 1.54) is 5.56 Å². The predicted molar refractivity (Wildman–Crippen MR) is 62.2 cm³/mol. The molecule has 0 aliphatic carbocycles. The van der Waals surface area contributed by atoms with Crippen LogP contribution in [0.25, 0.3) is 0 Å². The maximum atomic E-state index is 5.58. The van der Waals surface area contributed by atoms with Gasteiger partial charge in [-0.25, -0.2) is 0 Å². The van der Waals surface area contributed by atoms with E-state index in [-0.39, 0.29) is 0 Å². The van der Waals surface area contributed by atoms with Gasteiger partial charge in [0.1, 0.15) is 0 Å². The van der Waals surface area contributed by atoms with Crippen molar-refractivity contribution in [2.24, 2.45) is 5.73 Å². The molecule has 0 radical (unpaired) electrons. The average molecular weight is 187 g/mol. The molecule has 1 heteroatoms. The third-order valence-corrected chi connectivity index (χ3v) is 2.37. The third-order valence-electron chi connectivity index (χ3n) is 2.37. The Balaban J connectivity index is 2.88. The Bertz CT molecular complexity index is 300. The predicted octanol–water partition coefficient (Wildman–Crippen LogP) is 2.86. The van der Waals surface area contributed by atoms with E-state index in [1.54, 1.807) is 0 Å². The van der Waals surface area contributed by atoms with Gasteiger partial charge in [-0.05, 0) is 24.1 Å². The van der Waals surface area contributed by atoms with Crippen LogP contribution in [0.2, 0.25) is 0 Å². The molecule has 0 amide bonds. The molecule has 14 heavy (non-hydrogen) atoms. The van der Waals surface area contributed by atoms with E-state index in [9.17, 15) is 0 Å². The van der Waals surface area contributed by atoms with Crippen LogP contribution in [0, 0.1) is 0 Å². The second-order valence-corrected chi connectivity index (χ2v) is 3.32. The Hall–Kier alpha value is -1.34. The lowest BCUT2D eigenvalue weighted by atomic mass is 9.89. The van der Waals surface area contributed by atoms with Gasteiger partial charge in [0.2, 0.25) is 0 Å². The SMILES string of the molecule is C=CC(=C)C(CCN)c1ccccc1. The zero-order valence-corrected chi connectivity index (χ0v) is 8.45. The van der Waals surface area contributed by atoms with Crippen molar-refractivity contribution in [2.75, 3.05) is 6.54 Å². The number of nitrogens with two attached hydrogens (primary N) is 1. The highest BCUT2D eigenvalue weighted by atomic mass is 14.5. The molecule has 0 spiro atoms. The molecule has 74 valence electrons. The van der Waals surface area contributed by atoms with E-state index in [0.29, 0.717) is 12.5 Å². The van der Waals surface area contributed by atoms with Gasteiger partial charge in [0.25, 0.3) is 0 Å². The topological polar surface area (TPSA) is 26.0 Å². The molecule has 2 N–H and O–H groups in total. The van der Waals surface area contributed by atoms with Crippen LogP contribution in [0.1, 0.15) is 17.9 Å². The molecule has 1 unspecified atom stereocenters. The van der Waals surface area contributed by atoms with Crippen molar-refractivity contribution >= 4 is 0 Å². The molecule has 0 saturated carbocycles. The van der Waals surface area contributed by atoms with Gasteiger partial charge in [0.15, 0.2) is 0 Å². The molecule has 1 aromatic rings. The number of benzene rings is 1. The minimum Gasteiger partial charge on any atom is -0.330 e. The van der Waals surface area contributed by atoms with Crippen LogP contribution in [-0.2, 0) is 0 Å². The Morgan fingerprint density at radius 2 is 2.00 bits per heavy atom. The first kappa shape index (κ1) is 10.7. The van der Waals surface area contributed by atoms with Crippen molar-refractivity contribution in [3.05, 3.63) is 60.7 Å². The molecule has 0 bridgehead atoms. The molecule has 0 aromatic heterocycles. The first-order valence-corrected chi connectivity index (χ1v) is 4.86. The van der Waals surface area contributed by atoms with Gasteiger partial charge in [-0.3, -0.25) is 0 Å². The molecule has 1 nitrogen and oxygen atoms in total. The molecular weight excluding hydrogens is 170 g/mol. The van der Waals surface area contributed by atoms with Gasteiger partial charge in [-0.1, -0.05) is 49.6 Å². The second kappa shape index (κ2) is 5.40. The van der Waals surface area contributed by atoms with Crippen LogP contribution >= 0.6 is 0 Å². The summed E-state index contributed by atoms with van der Waals surface area (Å²) in [5.41, 5.74) is 7.89. The van der Waals surface area contributed by atoms with Crippen LogP contribution in [0.3, 0.4) is 0 Å². The number of hydrogen-bond donors (Lipinski definition) is 1. The summed E-state index contributed by atoms with van der Waals surface area (Å²) in [6, 6.07) is 10.3. The number of hydrogen-bond acceptors (Lipinski definition) is 1. The van der Waals surface area contributed by atoms with Gasteiger partial charge in [0, 0.05) is 5.92 Å². The first-order valence-electron chi connectivity index (χ1n) is 4.86. The van der Waals surface area contributed by atoms with Crippen LogP contribution in [0.4, 0.5) is 0 Å². The van der Waals surface area contributed by atoms with Gasteiger partial charge < -0.3 is 5.73 Å². The van der Waals surface area contributed by atoms with Gasteiger partial charge in [-0.2, -0.15) is 0 Å². The molecule has 1 rings (SSSR count). The zero-order valence-electron chi connectivity index (χ0n) is 8.45. The fourth-order valence-corrected chi connectivity index (χ4v) is 1.56. The maximum Gasteiger partial charge on any atom is 0.00952 e. The van der Waals surface area contributed by atoms with Crippen molar-refractivity contribution in [3.8, 4) is 0 Å². The Labute approximate surface area is 85.9 Å². The van der Waals surface area contributed by atoms with E-state index in [2.05, 4.69) is 25.3 Å². The molecule has 0 fully saturated rings. The van der Waals surface area contributed by atoms with E-state index in [1.807, 2.05) is 24.3 Å². The summed E-state index contributed by atoms with van der Waals surface area (Å²) in [5.74, 6) is 0.318. The van der Waals surface area contributed by atoms with Gasteiger partial charge in [0.05, 0.1) is 0 Å². The Morgan fingerprint density at radius 1 is 1.36 bits per heavy atom. The smallest absolute Gasteiger partial charge is 0.00952 e. The Morgan fingerprint density at radius 3 is 2.50 bits per heavy atom. The number of rotatable bonds is 5. The summed E-state index contributed by atoms with van der Waals surface area (Å²) >= 11 is 0. The van der Waals surface area contributed by atoms with Crippen molar-refractivity contribution in [3.63, 3.8) is 0 Å². The molecule has 0 saturated heterocycles. The van der Waals surface area contributed by atoms with Crippen LogP contribution in [0.5, 0.6) is 0 Å². The fraction of sp³-hybridized carbons (Fsp3) is 0.231. The first-order chi connectivity index (χ1) is 6.79. The van der Waals surface area contributed by atoms with Crippen molar-refractivity contribution in [1.29, 1.82) is 0 Å². The fourth-order valence-electron chi connectivity index (χ4n) is 1.56. The highest BCUT2D eigenvalue weighted by Gasteiger charge is 2.11. The lowest BCUT2D eigenvalue weighted by Crippen LogP contribution is -2.08. The van der Waals surface area contributed by atoms with Crippen LogP contribution in [-0.4, -0.2) is 6.54 Å². The molecule has 0 aliphatic heterocycles. The highest BCUT2D eigenvalue weighted by molar-refractivity contribution is 5.32. The minimum absolute atomic E-state index is 0.318. The van der Waals surface area contributed by atoms with Crippen molar-refractivity contribution in [2.45, 2.75) is 12.3 Å². The molecule has 0 aliphatic rings. The quantitative estimate of drug-likeness (QED) is 0.705. The van der Waals surface area contributed by atoms with Crippen LogP contribution < -0.4 is 5.73 Å². The third kappa shape index (κ3) is 2.57. The maximum absolute atomic E-state index is 5.58. The summed E-state index contributed by atoms with van der Waals surface area (Å²) in [7, 11) is 0. The summed E-state index contributed by atoms with van der Waals surface area (Å²) in [5, 5.41) is 0. The van der Waals surface area contributed by atoms with Crippen molar-refractivity contribution < 1.29 is 0 Å².